The fourth-order valence-electron chi connectivity index (χ4n) is 2.27. The maximum absolute atomic E-state index is 13.2. The van der Waals surface area contributed by atoms with Gasteiger partial charge in [-0.15, -0.1) is 0 Å². The molecule has 0 saturated carbocycles. The van der Waals surface area contributed by atoms with Crippen molar-refractivity contribution < 1.29 is 13.7 Å². The van der Waals surface area contributed by atoms with E-state index < -0.39 is 17.4 Å². The van der Waals surface area contributed by atoms with Crippen molar-refractivity contribution in [2.45, 2.75) is 12.5 Å². The van der Waals surface area contributed by atoms with Crippen LogP contribution in [-0.4, -0.2) is 42.4 Å². The molecule has 19 heavy (non-hydrogen) atoms. The van der Waals surface area contributed by atoms with Crippen LogP contribution in [0.4, 0.5) is 14.5 Å². The molecule has 1 N–H and O–H groups in total. The molecule has 5 nitrogen and oxygen atoms in total. The summed E-state index contributed by atoms with van der Waals surface area (Å²) in [7, 11) is 0. The number of hydrogen-bond donors (Lipinski definition) is 1. The Kier molecular flexibility index (Phi) is 4.39. The summed E-state index contributed by atoms with van der Waals surface area (Å²) in [5.41, 5.74) is 0.333. The Hall–Kier alpha value is -1.60. The van der Waals surface area contributed by atoms with Gasteiger partial charge in [-0.2, -0.15) is 0 Å². The van der Waals surface area contributed by atoms with E-state index in [0.29, 0.717) is 31.7 Å². The van der Waals surface area contributed by atoms with E-state index in [1.54, 1.807) is 4.90 Å². The van der Waals surface area contributed by atoms with E-state index >= 15 is 0 Å². The van der Waals surface area contributed by atoms with E-state index in [0.717, 1.165) is 0 Å². The predicted molar refractivity (Wildman–Crippen MR) is 66.3 cm³/mol. The lowest BCUT2D eigenvalue weighted by Crippen LogP contribution is -2.46. The molecule has 1 aromatic carbocycles. The first-order chi connectivity index (χ1) is 9.09. The summed E-state index contributed by atoms with van der Waals surface area (Å²) < 4.78 is 26.5. The minimum atomic E-state index is -2.51. The molecule has 0 radical (unpaired) electrons. The Morgan fingerprint density at radius 3 is 2.26 bits per heavy atom. The number of piperazine rings is 1. The highest BCUT2D eigenvalue weighted by Gasteiger charge is 2.30. The summed E-state index contributed by atoms with van der Waals surface area (Å²) in [5.74, 6) is 0. The summed E-state index contributed by atoms with van der Waals surface area (Å²) in [6.45, 7) is 2.45. The molecule has 0 aliphatic carbocycles. The van der Waals surface area contributed by atoms with Crippen LogP contribution in [0.25, 0.3) is 0 Å². The number of halogens is 2. The number of non-ortho nitro benzene ring substituents is 1. The molecule has 0 unspecified atom stereocenters. The number of nitrogens with zero attached hydrogens (tertiary/aromatic N) is 2. The highest BCUT2D eigenvalue weighted by molar-refractivity contribution is 5.34. The number of rotatable bonds is 4. The molecular formula is C12H15F2N3O2. The van der Waals surface area contributed by atoms with Crippen molar-refractivity contribution in [3.05, 3.63) is 39.9 Å². The summed E-state index contributed by atoms with van der Waals surface area (Å²) in [6.07, 6.45) is -2.51. The first kappa shape index (κ1) is 13.8. The quantitative estimate of drug-likeness (QED) is 0.670. The van der Waals surface area contributed by atoms with Crippen LogP contribution >= 0.6 is 0 Å². The fraction of sp³-hybridized carbons (Fsp3) is 0.500. The van der Waals surface area contributed by atoms with E-state index in [4.69, 9.17) is 0 Å². The number of alkyl halides is 2. The topological polar surface area (TPSA) is 58.4 Å². The number of nitro benzene ring substituents is 1. The van der Waals surface area contributed by atoms with Gasteiger partial charge >= 0.3 is 0 Å². The average molecular weight is 271 g/mol. The Balaban J connectivity index is 2.20. The molecule has 0 aromatic heterocycles. The molecule has 104 valence electrons. The van der Waals surface area contributed by atoms with Crippen LogP contribution in [0.15, 0.2) is 24.3 Å². The highest BCUT2D eigenvalue weighted by Crippen LogP contribution is 2.29. The summed E-state index contributed by atoms with van der Waals surface area (Å²) in [4.78, 5) is 11.7. The maximum atomic E-state index is 13.2. The number of benzene rings is 1. The van der Waals surface area contributed by atoms with Gasteiger partial charge in [0.15, 0.2) is 0 Å². The minimum absolute atomic E-state index is 0.0860. The zero-order valence-electron chi connectivity index (χ0n) is 10.3. The monoisotopic (exact) mass is 271 g/mol. The largest absolute Gasteiger partial charge is 0.314 e. The van der Waals surface area contributed by atoms with Crippen LogP contribution in [-0.2, 0) is 0 Å². The maximum Gasteiger partial charge on any atom is 0.269 e. The van der Waals surface area contributed by atoms with E-state index in [2.05, 4.69) is 5.32 Å². The van der Waals surface area contributed by atoms with Gasteiger partial charge in [-0.3, -0.25) is 15.0 Å². The number of nitro groups is 1. The van der Waals surface area contributed by atoms with E-state index in [9.17, 15) is 18.9 Å². The predicted octanol–water partition coefficient (Wildman–Crippen LogP) is 1.81. The zero-order chi connectivity index (χ0) is 13.8. The van der Waals surface area contributed by atoms with E-state index in [1.165, 1.54) is 24.3 Å². The molecule has 7 heteroatoms. The third kappa shape index (κ3) is 3.24. The molecule has 2 rings (SSSR count). The number of hydrogen-bond acceptors (Lipinski definition) is 4. The van der Waals surface area contributed by atoms with E-state index in [-0.39, 0.29) is 5.69 Å². The third-order valence-electron chi connectivity index (χ3n) is 3.23. The Bertz CT molecular complexity index is 433. The molecule has 1 saturated heterocycles. The summed E-state index contributed by atoms with van der Waals surface area (Å²) in [5, 5.41) is 13.7. The molecule has 1 aliphatic rings. The number of nitrogens with one attached hydrogen (secondary N) is 1. The van der Waals surface area contributed by atoms with Crippen molar-refractivity contribution in [2.24, 2.45) is 0 Å². The lowest BCUT2D eigenvalue weighted by molar-refractivity contribution is -0.384. The molecule has 1 heterocycles. The second-order valence-electron chi connectivity index (χ2n) is 4.41. The van der Waals surface area contributed by atoms with Gasteiger partial charge in [0.05, 0.1) is 11.0 Å². The van der Waals surface area contributed by atoms with Crippen molar-refractivity contribution in [1.82, 2.24) is 10.2 Å². The van der Waals surface area contributed by atoms with Crippen molar-refractivity contribution >= 4 is 5.69 Å². The van der Waals surface area contributed by atoms with Crippen LogP contribution in [0, 0.1) is 10.1 Å². The lowest BCUT2D eigenvalue weighted by atomic mass is 10.0. The van der Waals surface area contributed by atoms with Crippen LogP contribution in [0.3, 0.4) is 0 Å². The summed E-state index contributed by atoms with van der Waals surface area (Å²) in [6, 6.07) is 4.37. The molecule has 0 spiro atoms. The molecular weight excluding hydrogens is 256 g/mol. The van der Waals surface area contributed by atoms with Gasteiger partial charge in [-0.05, 0) is 5.56 Å². The van der Waals surface area contributed by atoms with Gasteiger partial charge in [0.1, 0.15) is 0 Å². The van der Waals surface area contributed by atoms with Crippen LogP contribution in [0.2, 0.25) is 0 Å². The van der Waals surface area contributed by atoms with Gasteiger partial charge in [-0.25, -0.2) is 8.78 Å². The zero-order valence-corrected chi connectivity index (χ0v) is 10.3. The van der Waals surface area contributed by atoms with Gasteiger partial charge in [0.25, 0.3) is 12.1 Å². The summed E-state index contributed by atoms with van der Waals surface area (Å²) >= 11 is 0. The van der Waals surface area contributed by atoms with E-state index in [1.807, 2.05) is 0 Å². The lowest BCUT2D eigenvalue weighted by Gasteiger charge is -2.34. The van der Waals surface area contributed by atoms with Gasteiger partial charge < -0.3 is 5.32 Å². The first-order valence-corrected chi connectivity index (χ1v) is 6.07. The first-order valence-electron chi connectivity index (χ1n) is 6.07. The smallest absolute Gasteiger partial charge is 0.269 e. The van der Waals surface area contributed by atoms with Crippen LogP contribution in [0.1, 0.15) is 11.6 Å². The van der Waals surface area contributed by atoms with Crippen molar-refractivity contribution in [2.75, 3.05) is 26.2 Å². The molecule has 0 amide bonds. The third-order valence-corrected chi connectivity index (χ3v) is 3.23. The Labute approximate surface area is 109 Å². The molecule has 1 aliphatic heterocycles. The normalized spacial score (nSPS) is 18.5. The second kappa shape index (κ2) is 6.03. The fourth-order valence-corrected chi connectivity index (χ4v) is 2.27. The highest BCUT2D eigenvalue weighted by atomic mass is 19.3. The molecule has 1 atom stereocenters. The van der Waals surface area contributed by atoms with Gasteiger partial charge in [0, 0.05) is 38.3 Å². The SMILES string of the molecule is O=[N+]([O-])c1ccc([C@H](C(F)F)N2CCNCC2)cc1. The second-order valence-corrected chi connectivity index (χ2v) is 4.41. The Morgan fingerprint density at radius 2 is 1.79 bits per heavy atom. The van der Waals surface area contributed by atoms with Crippen molar-refractivity contribution in [3.63, 3.8) is 0 Å². The van der Waals surface area contributed by atoms with Crippen LogP contribution in [0.5, 0.6) is 0 Å². The Morgan fingerprint density at radius 1 is 1.21 bits per heavy atom. The minimum Gasteiger partial charge on any atom is -0.314 e. The van der Waals surface area contributed by atoms with Gasteiger partial charge in [-0.1, -0.05) is 12.1 Å². The standard InChI is InChI=1S/C12H15F2N3O2/c13-12(14)11(16-7-5-15-6-8-16)9-1-3-10(4-2-9)17(18)19/h1-4,11-12,15H,5-8H2/t11-/m1/s1. The molecule has 1 fully saturated rings. The van der Waals surface area contributed by atoms with Crippen molar-refractivity contribution in [3.8, 4) is 0 Å². The van der Waals surface area contributed by atoms with Crippen LogP contribution < -0.4 is 5.32 Å². The molecule has 0 bridgehead atoms. The van der Waals surface area contributed by atoms with Gasteiger partial charge in [0.2, 0.25) is 0 Å². The van der Waals surface area contributed by atoms with Crippen molar-refractivity contribution in [1.29, 1.82) is 0 Å². The average Bonchev–Trinajstić information content (AvgIpc) is 2.40. The molecule has 1 aromatic rings.